The van der Waals surface area contributed by atoms with E-state index in [1.54, 1.807) is 5.57 Å². The van der Waals surface area contributed by atoms with Crippen molar-refractivity contribution in [2.24, 2.45) is 5.92 Å². The number of nitrogens with one attached hydrogen (secondary N) is 1. The van der Waals surface area contributed by atoms with Gasteiger partial charge in [-0.2, -0.15) is 0 Å². The molecule has 0 aromatic heterocycles. The average Bonchev–Trinajstić information content (AvgIpc) is 2.50. The van der Waals surface area contributed by atoms with Crippen LogP contribution < -0.4 is 5.32 Å². The highest BCUT2D eigenvalue weighted by molar-refractivity contribution is 5.31. The molecule has 0 spiro atoms. The van der Waals surface area contributed by atoms with E-state index < -0.39 is 0 Å². The molecule has 0 bridgehead atoms. The van der Waals surface area contributed by atoms with Gasteiger partial charge in [0.05, 0.1) is 0 Å². The zero-order valence-corrected chi connectivity index (χ0v) is 10.1. The lowest BCUT2D eigenvalue weighted by Gasteiger charge is -2.27. The van der Waals surface area contributed by atoms with Gasteiger partial charge < -0.3 is 5.32 Å². The third-order valence-corrected chi connectivity index (χ3v) is 3.72. The van der Waals surface area contributed by atoms with Crippen molar-refractivity contribution < 1.29 is 0 Å². The molecule has 1 aliphatic carbocycles. The van der Waals surface area contributed by atoms with E-state index >= 15 is 0 Å². The Kier molecular flexibility index (Phi) is 3.63. The summed E-state index contributed by atoms with van der Waals surface area (Å²) in [5, 5.41) is 3.71. The Balaban J connectivity index is 2.09. The van der Waals surface area contributed by atoms with Crippen molar-refractivity contribution >= 4 is 0 Å². The first-order valence-electron chi connectivity index (χ1n) is 6.39. The lowest BCUT2D eigenvalue weighted by Crippen LogP contribution is -2.33. The van der Waals surface area contributed by atoms with Crippen LogP contribution in [0.2, 0.25) is 0 Å². The number of allylic oxidation sites excluding steroid dienone is 3. The van der Waals surface area contributed by atoms with E-state index in [-0.39, 0.29) is 0 Å². The average molecular weight is 205 g/mol. The highest BCUT2D eigenvalue weighted by atomic mass is 14.9. The molecule has 1 heteroatoms. The Labute approximate surface area is 93.6 Å². The van der Waals surface area contributed by atoms with Gasteiger partial charge in [0.2, 0.25) is 0 Å². The molecule has 1 saturated heterocycles. The summed E-state index contributed by atoms with van der Waals surface area (Å²) < 4.78 is 0. The second-order valence-corrected chi connectivity index (χ2v) is 5.09. The second kappa shape index (κ2) is 4.98. The fourth-order valence-corrected chi connectivity index (χ4v) is 2.72. The molecule has 1 fully saturated rings. The predicted octanol–water partition coefficient (Wildman–Crippen LogP) is 3.43. The van der Waals surface area contributed by atoms with Crippen LogP contribution >= 0.6 is 0 Å². The predicted molar refractivity (Wildman–Crippen MR) is 65.9 cm³/mol. The molecule has 1 N–H and O–H groups in total. The van der Waals surface area contributed by atoms with Crippen LogP contribution in [0.5, 0.6) is 0 Å². The molecule has 2 atom stereocenters. The minimum absolute atomic E-state index is 0.658. The van der Waals surface area contributed by atoms with E-state index in [0.29, 0.717) is 6.04 Å². The van der Waals surface area contributed by atoms with Crippen molar-refractivity contribution in [3.05, 3.63) is 23.3 Å². The summed E-state index contributed by atoms with van der Waals surface area (Å²) in [4.78, 5) is 0. The monoisotopic (exact) mass is 205 g/mol. The van der Waals surface area contributed by atoms with Crippen LogP contribution in [0.15, 0.2) is 23.3 Å². The number of hydrogen-bond acceptors (Lipinski definition) is 1. The van der Waals surface area contributed by atoms with Crippen LogP contribution in [-0.2, 0) is 0 Å². The minimum atomic E-state index is 0.658. The van der Waals surface area contributed by atoms with Gasteiger partial charge in [-0.15, -0.1) is 0 Å². The standard InChI is InChI=1S/C14H23N/c1-11-7-8-12(2)13(10-11)14-6-4-3-5-9-15-14/h7,10,12,14-15H,3-6,8-9H2,1-2H3. The third-order valence-electron chi connectivity index (χ3n) is 3.72. The first kappa shape index (κ1) is 10.9. The lowest BCUT2D eigenvalue weighted by molar-refractivity contribution is 0.504. The first-order chi connectivity index (χ1) is 7.27. The van der Waals surface area contributed by atoms with Crippen molar-refractivity contribution in [1.29, 1.82) is 0 Å². The van der Waals surface area contributed by atoms with E-state index in [4.69, 9.17) is 0 Å². The molecular weight excluding hydrogens is 182 g/mol. The largest absolute Gasteiger partial charge is 0.310 e. The van der Waals surface area contributed by atoms with Gasteiger partial charge in [-0.25, -0.2) is 0 Å². The molecule has 84 valence electrons. The van der Waals surface area contributed by atoms with Gasteiger partial charge in [0.1, 0.15) is 0 Å². The maximum atomic E-state index is 3.71. The van der Waals surface area contributed by atoms with Crippen LogP contribution in [0.4, 0.5) is 0 Å². The molecule has 0 amide bonds. The Morgan fingerprint density at radius 2 is 2.13 bits per heavy atom. The summed E-state index contributed by atoms with van der Waals surface area (Å²) in [5.74, 6) is 0.740. The molecule has 0 radical (unpaired) electrons. The van der Waals surface area contributed by atoms with Crippen LogP contribution in [0.25, 0.3) is 0 Å². The topological polar surface area (TPSA) is 12.0 Å². The molecule has 1 heterocycles. The van der Waals surface area contributed by atoms with Crippen molar-refractivity contribution in [1.82, 2.24) is 5.32 Å². The summed E-state index contributed by atoms with van der Waals surface area (Å²) >= 11 is 0. The Morgan fingerprint density at radius 1 is 1.27 bits per heavy atom. The van der Waals surface area contributed by atoms with Gasteiger partial charge in [0.25, 0.3) is 0 Å². The van der Waals surface area contributed by atoms with E-state index in [1.807, 2.05) is 0 Å². The van der Waals surface area contributed by atoms with Gasteiger partial charge >= 0.3 is 0 Å². The Hall–Kier alpha value is -0.560. The molecule has 2 aliphatic rings. The fourth-order valence-electron chi connectivity index (χ4n) is 2.72. The van der Waals surface area contributed by atoms with E-state index in [9.17, 15) is 0 Å². The highest BCUT2D eigenvalue weighted by Gasteiger charge is 2.21. The van der Waals surface area contributed by atoms with Gasteiger partial charge in [0, 0.05) is 6.04 Å². The second-order valence-electron chi connectivity index (χ2n) is 5.09. The van der Waals surface area contributed by atoms with E-state index in [0.717, 1.165) is 5.92 Å². The molecule has 0 aromatic rings. The van der Waals surface area contributed by atoms with Crippen molar-refractivity contribution in [2.75, 3.05) is 6.54 Å². The van der Waals surface area contributed by atoms with E-state index in [2.05, 4.69) is 31.3 Å². The quantitative estimate of drug-likeness (QED) is 0.691. The maximum Gasteiger partial charge on any atom is 0.0285 e. The molecular formula is C14H23N. The van der Waals surface area contributed by atoms with Crippen molar-refractivity contribution in [3.63, 3.8) is 0 Å². The normalized spacial score (nSPS) is 32.9. The smallest absolute Gasteiger partial charge is 0.0285 e. The van der Waals surface area contributed by atoms with Crippen LogP contribution in [-0.4, -0.2) is 12.6 Å². The molecule has 15 heavy (non-hydrogen) atoms. The molecule has 1 nitrogen and oxygen atoms in total. The summed E-state index contributed by atoms with van der Waals surface area (Å²) in [7, 11) is 0. The zero-order valence-electron chi connectivity index (χ0n) is 10.1. The van der Waals surface area contributed by atoms with Crippen molar-refractivity contribution in [2.45, 2.75) is 52.0 Å². The molecule has 0 saturated carbocycles. The minimum Gasteiger partial charge on any atom is -0.310 e. The zero-order chi connectivity index (χ0) is 10.7. The van der Waals surface area contributed by atoms with Crippen LogP contribution in [0.3, 0.4) is 0 Å². The van der Waals surface area contributed by atoms with Gasteiger partial charge in [-0.3, -0.25) is 0 Å². The summed E-state index contributed by atoms with van der Waals surface area (Å²) in [6, 6.07) is 0.658. The van der Waals surface area contributed by atoms with Gasteiger partial charge in [-0.1, -0.05) is 37.5 Å². The Bertz CT molecular complexity index is 267. The van der Waals surface area contributed by atoms with Crippen LogP contribution in [0, 0.1) is 5.92 Å². The first-order valence-corrected chi connectivity index (χ1v) is 6.39. The van der Waals surface area contributed by atoms with Gasteiger partial charge in [0.15, 0.2) is 0 Å². The van der Waals surface area contributed by atoms with Gasteiger partial charge in [-0.05, 0) is 44.2 Å². The summed E-state index contributed by atoms with van der Waals surface area (Å²) in [6.45, 7) is 5.79. The van der Waals surface area contributed by atoms with Crippen LogP contribution in [0.1, 0.15) is 46.0 Å². The third kappa shape index (κ3) is 2.72. The number of hydrogen-bond donors (Lipinski definition) is 1. The summed E-state index contributed by atoms with van der Waals surface area (Å²) in [6.07, 6.45) is 11.5. The SMILES string of the molecule is CC1=CCC(C)C(C2CCCCCN2)=C1. The summed E-state index contributed by atoms with van der Waals surface area (Å²) in [5.41, 5.74) is 3.10. The highest BCUT2D eigenvalue weighted by Crippen LogP contribution is 2.28. The molecule has 2 unspecified atom stereocenters. The fraction of sp³-hybridized carbons (Fsp3) is 0.714. The molecule has 0 aromatic carbocycles. The maximum absolute atomic E-state index is 3.71. The molecule has 1 aliphatic heterocycles. The van der Waals surface area contributed by atoms with E-state index in [1.165, 1.54) is 44.2 Å². The molecule has 2 rings (SSSR count). The Morgan fingerprint density at radius 3 is 3.00 bits per heavy atom. The lowest BCUT2D eigenvalue weighted by atomic mass is 9.84. The number of rotatable bonds is 1. The van der Waals surface area contributed by atoms with Crippen molar-refractivity contribution in [3.8, 4) is 0 Å².